The minimum atomic E-state index is -4.83. The highest BCUT2D eigenvalue weighted by molar-refractivity contribution is 6.34. The summed E-state index contributed by atoms with van der Waals surface area (Å²) in [6, 6.07) is 5.15. The van der Waals surface area contributed by atoms with Crippen molar-refractivity contribution in [2.75, 3.05) is 0 Å². The molecule has 6 heteroatoms. The van der Waals surface area contributed by atoms with Crippen LogP contribution in [0.4, 0.5) is 13.2 Å². The van der Waals surface area contributed by atoms with Crippen LogP contribution in [0.25, 0.3) is 0 Å². The fourth-order valence-corrected chi connectivity index (χ4v) is 1.36. The van der Waals surface area contributed by atoms with Crippen molar-refractivity contribution in [2.45, 2.75) is 25.1 Å². The number of ketones is 1. The number of carbonyl (C=O) groups excluding carboxylic acids is 1. The fourth-order valence-electron chi connectivity index (χ4n) is 1.24. The molecular formula is C11H10ClF3O2. The van der Waals surface area contributed by atoms with Crippen LogP contribution in [0.5, 0.6) is 5.75 Å². The second-order valence-corrected chi connectivity index (χ2v) is 3.81. The van der Waals surface area contributed by atoms with Crippen molar-refractivity contribution >= 4 is 17.4 Å². The van der Waals surface area contributed by atoms with Crippen molar-refractivity contribution in [3.05, 3.63) is 29.8 Å². The lowest BCUT2D eigenvalue weighted by Crippen LogP contribution is -2.21. The smallest absolute Gasteiger partial charge is 0.405 e. The van der Waals surface area contributed by atoms with Crippen LogP contribution in [0.1, 0.15) is 23.7 Å². The van der Waals surface area contributed by atoms with Gasteiger partial charge in [0.2, 0.25) is 0 Å². The third-order valence-corrected chi connectivity index (χ3v) is 2.53. The Balaban J connectivity index is 3.04. The van der Waals surface area contributed by atoms with Crippen LogP contribution in [0, 0.1) is 0 Å². The number of halogens is 4. The van der Waals surface area contributed by atoms with Gasteiger partial charge in [0.05, 0.1) is 10.9 Å². The minimum Gasteiger partial charge on any atom is -0.405 e. The van der Waals surface area contributed by atoms with Gasteiger partial charge in [0, 0.05) is 0 Å². The van der Waals surface area contributed by atoms with Crippen LogP contribution in [0.2, 0.25) is 0 Å². The molecule has 1 unspecified atom stereocenters. The zero-order valence-electron chi connectivity index (χ0n) is 8.92. The molecule has 0 aliphatic carbocycles. The Morgan fingerprint density at radius 2 is 2.00 bits per heavy atom. The average molecular weight is 267 g/mol. The molecule has 0 aromatic heterocycles. The summed E-state index contributed by atoms with van der Waals surface area (Å²) in [5.41, 5.74) is -0.160. The van der Waals surface area contributed by atoms with E-state index < -0.39 is 23.3 Å². The Morgan fingerprint density at radius 3 is 2.53 bits per heavy atom. The first-order valence-corrected chi connectivity index (χ1v) is 5.32. The molecule has 0 radical (unpaired) electrons. The van der Waals surface area contributed by atoms with Crippen molar-refractivity contribution in [2.24, 2.45) is 0 Å². The van der Waals surface area contributed by atoms with Gasteiger partial charge < -0.3 is 4.74 Å². The molecule has 94 valence electrons. The van der Waals surface area contributed by atoms with E-state index in [0.717, 1.165) is 6.07 Å². The SMILES string of the molecule is CCC(Cl)C(=O)c1ccccc1OC(F)(F)F. The quantitative estimate of drug-likeness (QED) is 0.612. The zero-order valence-corrected chi connectivity index (χ0v) is 9.68. The van der Waals surface area contributed by atoms with E-state index in [0.29, 0.717) is 6.42 Å². The molecule has 0 amide bonds. The molecule has 0 aliphatic rings. The first-order chi connectivity index (χ1) is 7.85. The number of carbonyl (C=O) groups is 1. The molecule has 0 heterocycles. The monoisotopic (exact) mass is 266 g/mol. The lowest BCUT2D eigenvalue weighted by molar-refractivity contribution is -0.274. The van der Waals surface area contributed by atoms with Gasteiger partial charge >= 0.3 is 6.36 Å². The predicted molar refractivity (Wildman–Crippen MR) is 57.4 cm³/mol. The van der Waals surface area contributed by atoms with Crippen LogP contribution in [0.15, 0.2) is 24.3 Å². The summed E-state index contributed by atoms with van der Waals surface area (Å²) in [7, 11) is 0. The fraction of sp³-hybridized carbons (Fsp3) is 0.364. The number of rotatable bonds is 4. The summed E-state index contributed by atoms with van der Waals surface area (Å²) in [6.45, 7) is 1.67. The topological polar surface area (TPSA) is 26.3 Å². The van der Waals surface area contributed by atoms with Gasteiger partial charge in [-0.05, 0) is 18.6 Å². The Morgan fingerprint density at radius 1 is 1.41 bits per heavy atom. The lowest BCUT2D eigenvalue weighted by Gasteiger charge is -2.13. The van der Waals surface area contributed by atoms with Gasteiger partial charge in [-0.25, -0.2) is 0 Å². The number of alkyl halides is 4. The van der Waals surface area contributed by atoms with Gasteiger partial charge in [-0.1, -0.05) is 19.1 Å². The van der Waals surface area contributed by atoms with Crippen molar-refractivity contribution in [3.8, 4) is 5.75 Å². The summed E-state index contributed by atoms with van der Waals surface area (Å²) in [5.74, 6) is -1.10. The highest BCUT2D eigenvalue weighted by atomic mass is 35.5. The molecule has 0 saturated heterocycles. The molecule has 1 rings (SSSR count). The Kier molecular flexibility index (Phi) is 4.40. The number of para-hydroxylation sites is 1. The Labute approximate surface area is 101 Å². The molecule has 0 N–H and O–H groups in total. The first-order valence-electron chi connectivity index (χ1n) is 4.88. The van der Waals surface area contributed by atoms with E-state index in [1.54, 1.807) is 6.92 Å². The van der Waals surface area contributed by atoms with Crippen molar-refractivity contribution in [3.63, 3.8) is 0 Å². The maximum Gasteiger partial charge on any atom is 0.573 e. The number of ether oxygens (including phenoxy) is 1. The Hall–Kier alpha value is -1.23. The van der Waals surface area contributed by atoms with Gasteiger partial charge in [-0.2, -0.15) is 0 Å². The third kappa shape index (κ3) is 3.93. The molecule has 2 nitrogen and oxygen atoms in total. The highest BCUT2D eigenvalue weighted by Crippen LogP contribution is 2.28. The van der Waals surface area contributed by atoms with E-state index in [1.165, 1.54) is 18.2 Å². The molecule has 0 fully saturated rings. The predicted octanol–water partition coefficient (Wildman–Crippen LogP) is 3.79. The normalized spacial score (nSPS) is 13.2. The van der Waals surface area contributed by atoms with E-state index in [-0.39, 0.29) is 5.56 Å². The molecule has 0 spiro atoms. The van der Waals surface area contributed by atoms with Crippen molar-refractivity contribution in [1.29, 1.82) is 0 Å². The van der Waals surface area contributed by atoms with Crippen LogP contribution < -0.4 is 4.74 Å². The Bertz CT molecular complexity index is 404. The molecule has 0 saturated carbocycles. The molecule has 1 aromatic carbocycles. The number of hydrogen-bond donors (Lipinski definition) is 0. The maximum absolute atomic E-state index is 12.1. The van der Waals surface area contributed by atoms with Gasteiger partial charge in [0.1, 0.15) is 5.75 Å². The maximum atomic E-state index is 12.1. The summed E-state index contributed by atoms with van der Waals surface area (Å²) in [4.78, 5) is 11.7. The standard InChI is InChI=1S/C11H10ClF3O2/c1-2-8(12)10(16)7-5-3-4-6-9(7)17-11(13,14)15/h3-6,8H,2H2,1H3. The number of benzene rings is 1. The van der Waals surface area contributed by atoms with E-state index in [4.69, 9.17) is 11.6 Å². The van der Waals surface area contributed by atoms with Crippen molar-refractivity contribution < 1.29 is 22.7 Å². The van der Waals surface area contributed by atoms with Gasteiger partial charge in [-0.15, -0.1) is 24.8 Å². The molecule has 0 bridgehead atoms. The second kappa shape index (κ2) is 5.40. The van der Waals surface area contributed by atoms with E-state index >= 15 is 0 Å². The summed E-state index contributed by atoms with van der Waals surface area (Å²) >= 11 is 5.71. The van der Waals surface area contributed by atoms with Crippen LogP contribution in [0.3, 0.4) is 0 Å². The largest absolute Gasteiger partial charge is 0.573 e. The van der Waals surface area contributed by atoms with Gasteiger partial charge in [-0.3, -0.25) is 4.79 Å². The van der Waals surface area contributed by atoms with E-state index in [9.17, 15) is 18.0 Å². The molecule has 1 atom stereocenters. The second-order valence-electron chi connectivity index (χ2n) is 3.28. The zero-order chi connectivity index (χ0) is 13.1. The lowest BCUT2D eigenvalue weighted by atomic mass is 10.1. The van der Waals surface area contributed by atoms with Crippen LogP contribution >= 0.6 is 11.6 Å². The van der Waals surface area contributed by atoms with Crippen LogP contribution in [-0.4, -0.2) is 17.5 Å². The van der Waals surface area contributed by atoms with Crippen LogP contribution in [-0.2, 0) is 0 Å². The summed E-state index contributed by atoms with van der Waals surface area (Å²) in [5, 5.41) is -0.854. The van der Waals surface area contributed by atoms with Gasteiger partial charge in [0.15, 0.2) is 5.78 Å². The number of hydrogen-bond acceptors (Lipinski definition) is 2. The first kappa shape index (κ1) is 13.8. The molecular weight excluding hydrogens is 257 g/mol. The van der Waals surface area contributed by atoms with E-state index in [2.05, 4.69) is 4.74 Å². The van der Waals surface area contributed by atoms with E-state index in [1.807, 2.05) is 0 Å². The third-order valence-electron chi connectivity index (χ3n) is 2.02. The highest BCUT2D eigenvalue weighted by Gasteiger charge is 2.33. The summed E-state index contributed by atoms with van der Waals surface area (Å²) < 4.78 is 40.1. The molecule has 17 heavy (non-hydrogen) atoms. The number of Topliss-reactive ketones (excluding diaryl/α,β-unsaturated/α-hetero) is 1. The summed E-state index contributed by atoms with van der Waals surface area (Å²) in [6.07, 6.45) is -4.49. The molecule has 0 aliphatic heterocycles. The van der Waals surface area contributed by atoms with Gasteiger partial charge in [0.25, 0.3) is 0 Å². The average Bonchev–Trinajstić information content (AvgIpc) is 2.25. The van der Waals surface area contributed by atoms with Crippen molar-refractivity contribution in [1.82, 2.24) is 0 Å². The minimum absolute atomic E-state index is 0.160. The molecule has 1 aromatic rings.